The van der Waals surface area contributed by atoms with Gasteiger partial charge in [-0.05, 0) is 30.0 Å². The fourth-order valence-electron chi connectivity index (χ4n) is 2.46. The molecular weight excluding hydrogens is 707 g/mol. The van der Waals surface area contributed by atoms with E-state index in [1.165, 1.54) is 29.5 Å². The number of hydrogen-bond donors (Lipinski definition) is 1. The van der Waals surface area contributed by atoms with Gasteiger partial charge in [0.15, 0.2) is 0 Å². The van der Waals surface area contributed by atoms with Crippen LogP contribution in [-0.2, 0) is 11.0 Å². The summed E-state index contributed by atoms with van der Waals surface area (Å²) in [6, 6.07) is 8.86. The minimum atomic E-state index is -5.23. The predicted molar refractivity (Wildman–Crippen MR) is 115 cm³/mol. The molecule has 1 aromatic heterocycles. The maximum atomic E-state index is 13.3. The predicted octanol–water partition coefficient (Wildman–Crippen LogP) is 6.27. The van der Waals surface area contributed by atoms with E-state index >= 15 is 0 Å². The third-order valence-electron chi connectivity index (χ3n) is 3.88. The van der Waals surface area contributed by atoms with E-state index in [1.807, 2.05) is 13.8 Å². The van der Waals surface area contributed by atoms with Crippen LogP contribution in [-0.4, -0.2) is 22.1 Å². The van der Waals surface area contributed by atoms with Crippen molar-refractivity contribution >= 4 is 17.7 Å². The van der Waals surface area contributed by atoms with Gasteiger partial charge in [-0.2, -0.15) is 46.9 Å². The minimum absolute atomic E-state index is 0.161. The number of nitrogens with zero attached hydrogens (tertiary/aromatic N) is 3. The van der Waals surface area contributed by atoms with Crippen molar-refractivity contribution in [2.75, 3.05) is 0 Å². The van der Waals surface area contributed by atoms with Crippen LogP contribution in [0.2, 0.25) is 0 Å². The molecule has 0 atom stereocenters. The van der Waals surface area contributed by atoms with Gasteiger partial charge < -0.3 is 5.73 Å². The van der Waals surface area contributed by atoms with Crippen molar-refractivity contribution in [1.82, 2.24) is 9.99 Å². The number of primary amides is 1. The van der Waals surface area contributed by atoms with E-state index in [-0.39, 0.29) is 12.3 Å². The summed E-state index contributed by atoms with van der Waals surface area (Å²) in [5.74, 6) is -0.771. The molecule has 2 aromatic rings. The van der Waals surface area contributed by atoms with Crippen LogP contribution >= 0.6 is 0 Å². The Kier molecular flexibility index (Phi) is 14.9. The fourth-order valence-corrected chi connectivity index (χ4v) is 2.46. The molecule has 0 saturated carbocycles. The van der Waals surface area contributed by atoms with Gasteiger partial charge in [-0.3, -0.25) is 4.79 Å². The molecule has 0 aliphatic carbocycles. The second-order valence-electron chi connectivity index (χ2n) is 6.74. The van der Waals surface area contributed by atoms with Crippen LogP contribution in [0.5, 0.6) is 0 Å². The number of amides is 1. The molecule has 0 saturated heterocycles. The van der Waals surface area contributed by atoms with E-state index in [4.69, 9.17) is 4.79 Å². The van der Waals surface area contributed by atoms with E-state index in [2.05, 4.69) is 28.5 Å². The number of benzene rings is 1. The van der Waals surface area contributed by atoms with Crippen LogP contribution in [0, 0.1) is 46.0 Å². The van der Waals surface area contributed by atoms with Gasteiger partial charge in [0.2, 0.25) is 12.4 Å². The van der Waals surface area contributed by atoms with E-state index in [1.54, 1.807) is 19.2 Å². The first-order chi connectivity index (χ1) is 16.3. The first-order valence-corrected chi connectivity index (χ1v) is 14.4. The Morgan fingerprint density at radius 3 is 2.26 bits per heavy atom. The SMILES string of the molecule is C=CN(/C=C(\C)c1ccnc(F)c1)/N=C(/c1c[c-]cc(C(F)(F)F)c1)C(C)C.NC=O.[F][U]([F])[F]. The third kappa shape index (κ3) is 13.1. The Labute approximate surface area is 211 Å². The molecule has 1 aromatic carbocycles. The quantitative estimate of drug-likeness (QED) is 0.0953. The number of carbonyl (C=O) groups is 1. The number of hydrogen-bond acceptors (Lipinski definition) is 4. The van der Waals surface area contributed by atoms with Crippen LogP contribution in [0.4, 0.5) is 23.9 Å². The number of nitrogens with two attached hydrogens (primary N) is 1. The standard InChI is InChI=1S/C21H20F4N3.CH3NO.3FH.U/c1-5-28(13-15(4)16-9-10-26-19(22)12-16)27-20(14(2)3)17-7-6-8-18(11-17)21(23,24)25;2-1-3;;;;/h5,7-14H,1H2,2-4H3;1H,(H2,2,3);3*1H;/q-1;;;;;+3/p-3/b15-13+,27-20+;;;;;. The Morgan fingerprint density at radius 2 is 1.80 bits per heavy atom. The second kappa shape index (κ2) is 16.1. The average molecular weight is 730 g/mol. The first kappa shape index (κ1) is 32.4. The van der Waals surface area contributed by atoms with Crippen LogP contribution < -0.4 is 5.73 Å². The first-order valence-electron chi connectivity index (χ1n) is 9.64. The molecule has 35 heavy (non-hydrogen) atoms. The van der Waals surface area contributed by atoms with E-state index in [9.17, 15) is 23.9 Å². The number of allylic oxidation sites excluding steroid dienone is 1. The molecule has 0 unspecified atom stereocenters. The van der Waals surface area contributed by atoms with Gasteiger partial charge in [-0.25, -0.2) is 9.99 Å². The molecule has 2 N–H and O–H groups in total. The maximum absolute atomic E-state index is 13.3. The van der Waals surface area contributed by atoms with E-state index in [0.717, 1.165) is 12.1 Å². The Bertz CT molecular complexity index is 1010. The van der Waals surface area contributed by atoms with Gasteiger partial charge >= 0.3 is 40.6 Å². The molecule has 1 amide bonds. The van der Waals surface area contributed by atoms with Gasteiger partial charge in [0.1, 0.15) is 0 Å². The molecule has 2 rings (SSSR count). The summed E-state index contributed by atoms with van der Waals surface area (Å²) in [5.41, 5.74) is 5.42. The Balaban J connectivity index is 0.00000146. The van der Waals surface area contributed by atoms with Crippen molar-refractivity contribution in [3.8, 4) is 0 Å². The second-order valence-corrected chi connectivity index (χ2v) is 8.52. The number of pyridine rings is 1. The van der Waals surface area contributed by atoms with Crippen LogP contribution in [0.1, 0.15) is 37.5 Å². The topological polar surface area (TPSA) is 71.6 Å². The number of rotatable bonds is 6. The molecule has 0 fully saturated rings. The summed E-state index contributed by atoms with van der Waals surface area (Å²) in [5, 5.41) is 5.83. The summed E-state index contributed by atoms with van der Waals surface area (Å²) in [6.45, 7) is 9.10. The zero-order valence-electron chi connectivity index (χ0n) is 19.0. The molecule has 0 aliphatic heterocycles. The third-order valence-corrected chi connectivity index (χ3v) is 3.88. The zero-order chi connectivity index (χ0) is 27.2. The van der Waals surface area contributed by atoms with Gasteiger partial charge in [-0.15, -0.1) is 5.56 Å². The molecule has 0 radical (unpaired) electrons. The van der Waals surface area contributed by atoms with Gasteiger partial charge in [0.05, 0.1) is 0 Å². The summed E-state index contributed by atoms with van der Waals surface area (Å²) < 4.78 is 82.1. The van der Waals surface area contributed by atoms with Crippen LogP contribution in [0.15, 0.2) is 60.6 Å². The van der Waals surface area contributed by atoms with Crippen molar-refractivity contribution in [2.24, 2.45) is 16.8 Å². The molecular formula is C22H23F7N4OU-. The summed E-state index contributed by atoms with van der Waals surface area (Å²) in [7, 11) is 0. The fraction of sp³-hybridized carbons (Fsp3) is 0.227. The molecule has 0 aliphatic rings. The van der Waals surface area contributed by atoms with Crippen molar-refractivity contribution < 1.29 is 56.7 Å². The summed E-state index contributed by atoms with van der Waals surface area (Å²) in [6.07, 6.45) is 0.165. The number of aromatic nitrogens is 1. The van der Waals surface area contributed by atoms with Crippen LogP contribution in [0.3, 0.4) is 0 Å². The molecule has 13 heteroatoms. The van der Waals surface area contributed by atoms with Gasteiger partial charge in [0, 0.05) is 30.4 Å². The molecule has 0 bridgehead atoms. The van der Waals surface area contributed by atoms with Crippen molar-refractivity contribution in [2.45, 2.75) is 26.9 Å². The van der Waals surface area contributed by atoms with Crippen molar-refractivity contribution in [1.29, 1.82) is 0 Å². The zero-order valence-corrected chi connectivity index (χ0v) is 23.1. The molecule has 191 valence electrons. The normalized spacial score (nSPS) is 11.5. The van der Waals surface area contributed by atoms with Gasteiger partial charge in [0.25, 0.3) is 0 Å². The Hall–Kier alpha value is -2.65. The molecule has 5 nitrogen and oxygen atoms in total. The molecule has 0 spiro atoms. The van der Waals surface area contributed by atoms with Crippen molar-refractivity contribution in [3.63, 3.8) is 0 Å². The van der Waals surface area contributed by atoms with Gasteiger partial charge in [-0.1, -0.05) is 26.0 Å². The van der Waals surface area contributed by atoms with Crippen LogP contribution in [0.25, 0.3) is 5.57 Å². The number of carbonyl (C=O) groups excluding carboxylic acids is 1. The number of alkyl halides is 3. The summed E-state index contributed by atoms with van der Waals surface area (Å²) >= 11 is -5.23. The number of halogens is 7. The molecule has 1 heterocycles. The summed E-state index contributed by atoms with van der Waals surface area (Å²) in [4.78, 5) is 12.1. The van der Waals surface area contributed by atoms with E-state index in [0.29, 0.717) is 22.4 Å². The van der Waals surface area contributed by atoms with Crippen molar-refractivity contribution in [3.05, 3.63) is 84.2 Å². The Morgan fingerprint density at radius 1 is 1.23 bits per heavy atom. The number of hydrazone groups is 1. The monoisotopic (exact) mass is 730 g/mol. The average Bonchev–Trinajstić information content (AvgIpc) is 2.76. The van der Waals surface area contributed by atoms with E-state index < -0.39 is 45.8 Å².